The Morgan fingerprint density at radius 3 is 2.45 bits per heavy atom. The summed E-state index contributed by atoms with van der Waals surface area (Å²) in [5, 5.41) is 15.7. The smallest absolute Gasteiger partial charge is 0.343 e. The van der Waals surface area contributed by atoms with Crippen LogP contribution in [-0.2, 0) is 0 Å². The van der Waals surface area contributed by atoms with Crippen LogP contribution in [0.5, 0.6) is 17.2 Å². The number of nitrogens with zero attached hydrogens (tertiary/aromatic N) is 3. The number of amides is 1. The third-order valence-corrected chi connectivity index (χ3v) is 6.99. The summed E-state index contributed by atoms with van der Waals surface area (Å²) in [5.41, 5.74) is 5.29. The first-order valence-electron chi connectivity index (χ1n) is 13.0. The molecule has 0 saturated heterocycles. The highest BCUT2D eigenvalue weighted by molar-refractivity contribution is 9.10. The zero-order valence-electron chi connectivity index (χ0n) is 23.3. The molecule has 1 N–H and O–H groups in total. The maximum atomic E-state index is 13.4. The molecule has 11 nitrogen and oxygen atoms in total. The van der Waals surface area contributed by atoms with Crippen molar-refractivity contribution in [2.45, 2.75) is 0 Å². The number of hydrogen-bond acceptors (Lipinski definition) is 9. The second-order valence-electron chi connectivity index (χ2n) is 9.25. The molecular formula is C32H23BrN4O7. The number of nitrogens with one attached hydrogen (secondary N) is 1. The molecule has 0 aliphatic heterocycles. The number of non-ortho nitro benzene ring substituents is 1. The number of rotatable bonds is 9. The Bertz CT molecular complexity index is 1930. The lowest BCUT2D eigenvalue weighted by atomic mass is 10.0. The number of esters is 1. The number of nitro benzene ring substituents is 1. The van der Waals surface area contributed by atoms with Gasteiger partial charge in [0.25, 0.3) is 11.6 Å². The number of carbonyl (C=O) groups excluding carboxylic acids is 2. The van der Waals surface area contributed by atoms with E-state index in [-0.39, 0.29) is 22.7 Å². The molecule has 5 rings (SSSR count). The summed E-state index contributed by atoms with van der Waals surface area (Å²) in [6, 6.07) is 24.5. The van der Waals surface area contributed by atoms with Crippen molar-refractivity contribution in [2.24, 2.45) is 5.10 Å². The SMILES string of the molecule is COc1ccc2nc(-c3ccc(Br)cc3)cc(C(=O)NN=Cc3ccc(OC(=O)c4cccc([N+](=O)[O-])c4)c(OC)c3)c2c1. The molecule has 1 aromatic heterocycles. The minimum absolute atomic E-state index is 0.0131. The van der Waals surface area contributed by atoms with Crippen molar-refractivity contribution in [1.29, 1.82) is 0 Å². The van der Waals surface area contributed by atoms with E-state index < -0.39 is 16.8 Å². The molecule has 0 fully saturated rings. The average Bonchev–Trinajstić information content (AvgIpc) is 3.04. The monoisotopic (exact) mass is 654 g/mol. The fraction of sp³-hybridized carbons (Fsp3) is 0.0625. The lowest BCUT2D eigenvalue weighted by molar-refractivity contribution is -0.384. The molecule has 5 aromatic rings. The van der Waals surface area contributed by atoms with Crippen LogP contribution in [0.1, 0.15) is 26.3 Å². The highest BCUT2D eigenvalue weighted by Crippen LogP contribution is 2.30. The number of benzene rings is 4. The number of aromatic nitrogens is 1. The Labute approximate surface area is 259 Å². The van der Waals surface area contributed by atoms with Crippen molar-refractivity contribution in [3.05, 3.63) is 122 Å². The van der Waals surface area contributed by atoms with Crippen LogP contribution in [0, 0.1) is 10.1 Å². The van der Waals surface area contributed by atoms with E-state index in [0.717, 1.165) is 16.1 Å². The number of pyridine rings is 1. The molecule has 4 aromatic carbocycles. The molecule has 1 amide bonds. The minimum Gasteiger partial charge on any atom is -0.497 e. The number of halogens is 1. The van der Waals surface area contributed by atoms with Crippen LogP contribution in [0.3, 0.4) is 0 Å². The van der Waals surface area contributed by atoms with Gasteiger partial charge in [-0.1, -0.05) is 34.1 Å². The van der Waals surface area contributed by atoms with Gasteiger partial charge >= 0.3 is 5.97 Å². The Kier molecular flexibility index (Phi) is 8.91. The summed E-state index contributed by atoms with van der Waals surface area (Å²) < 4.78 is 17.0. The third kappa shape index (κ3) is 6.71. The number of ether oxygens (including phenoxy) is 3. The molecular weight excluding hydrogens is 632 g/mol. The van der Waals surface area contributed by atoms with Crippen molar-refractivity contribution >= 4 is 50.6 Å². The topological polar surface area (TPSA) is 142 Å². The lowest BCUT2D eigenvalue weighted by Gasteiger charge is -2.11. The fourth-order valence-corrected chi connectivity index (χ4v) is 4.53. The van der Waals surface area contributed by atoms with Gasteiger partial charge in [-0.2, -0.15) is 5.10 Å². The van der Waals surface area contributed by atoms with E-state index in [1.807, 2.05) is 24.3 Å². The van der Waals surface area contributed by atoms with Crippen molar-refractivity contribution in [2.75, 3.05) is 14.2 Å². The Morgan fingerprint density at radius 2 is 1.73 bits per heavy atom. The number of hydrazone groups is 1. The second kappa shape index (κ2) is 13.1. The van der Waals surface area contributed by atoms with Crippen LogP contribution in [0.2, 0.25) is 0 Å². The van der Waals surface area contributed by atoms with Crippen LogP contribution < -0.4 is 19.6 Å². The Balaban J connectivity index is 1.36. The zero-order chi connectivity index (χ0) is 31.2. The summed E-state index contributed by atoms with van der Waals surface area (Å²) in [6.45, 7) is 0. The van der Waals surface area contributed by atoms with Gasteiger partial charge < -0.3 is 14.2 Å². The van der Waals surface area contributed by atoms with Gasteiger partial charge in [-0.25, -0.2) is 15.2 Å². The first-order valence-corrected chi connectivity index (χ1v) is 13.8. The number of methoxy groups -OCH3 is 2. The van der Waals surface area contributed by atoms with Gasteiger partial charge in [0.1, 0.15) is 5.75 Å². The van der Waals surface area contributed by atoms with Crippen LogP contribution in [-0.4, -0.2) is 42.2 Å². The Morgan fingerprint density at radius 1 is 0.932 bits per heavy atom. The van der Waals surface area contributed by atoms with Crippen molar-refractivity contribution in [1.82, 2.24) is 10.4 Å². The van der Waals surface area contributed by atoms with E-state index in [9.17, 15) is 19.7 Å². The summed E-state index contributed by atoms with van der Waals surface area (Å²) in [6.07, 6.45) is 1.41. The zero-order valence-corrected chi connectivity index (χ0v) is 24.9. The van der Waals surface area contributed by atoms with Crippen molar-refractivity contribution in [3.8, 4) is 28.5 Å². The van der Waals surface area contributed by atoms with Crippen LogP contribution in [0.4, 0.5) is 5.69 Å². The Hall–Kier alpha value is -5.62. The molecule has 0 aliphatic carbocycles. The standard InChI is InChI=1S/C32H23BrN4O7/c1-42-24-11-12-27-25(16-24)26(17-28(35-27)20-7-9-22(33)10-8-20)31(38)36-34-18-19-6-13-29(30(14-19)43-2)44-32(39)21-4-3-5-23(15-21)37(40)41/h3-18H,1-2H3,(H,36,38). The van der Waals surface area contributed by atoms with Crippen LogP contribution >= 0.6 is 15.9 Å². The first kappa shape index (κ1) is 29.9. The summed E-state index contributed by atoms with van der Waals surface area (Å²) >= 11 is 3.43. The van der Waals surface area contributed by atoms with Gasteiger partial charge in [0.15, 0.2) is 11.5 Å². The number of fused-ring (bicyclic) bond motifs is 1. The maximum absolute atomic E-state index is 13.4. The first-order chi connectivity index (χ1) is 21.2. The van der Waals surface area contributed by atoms with Gasteiger partial charge in [0.2, 0.25) is 0 Å². The highest BCUT2D eigenvalue weighted by atomic mass is 79.9. The predicted molar refractivity (Wildman–Crippen MR) is 168 cm³/mol. The molecule has 0 bridgehead atoms. The number of carbonyl (C=O) groups is 2. The third-order valence-electron chi connectivity index (χ3n) is 6.46. The molecule has 0 radical (unpaired) electrons. The largest absolute Gasteiger partial charge is 0.497 e. The van der Waals surface area contributed by atoms with E-state index in [1.54, 1.807) is 43.5 Å². The molecule has 0 spiro atoms. The normalized spacial score (nSPS) is 10.9. The van der Waals surface area contributed by atoms with Crippen LogP contribution in [0.15, 0.2) is 101 Å². The average molecular weight is 655 g/mol. The van der Waals surface area contributed by atoms with Gasteiger partial charge in [-0.15, -0.1) is 0 Å². The molecule has 0 aliphatic rings. The van der Waals surface area contributed by atoms with Crippen molar-refractivity contribution < 1.29 is 28.7 Å². The van der Waals surface area contributed by atoms with Crippen LogP contribution in [0.25, 0.3) is 22.2 Å². The molecule has 44 heavy (non-hydrogen) atoms. The summed E-state index contributed by atoms with van der Waals surface area (Å²) in [5.74, 6) is -0.362. The molecule has 220 valence electrons. The van der Waals surface area contributed by atoms with Gasteiger partial charge in [-0.05, 0) is 66.2 Å². The highest BCUT2D eigenvalue weighted by Gasteiger charge is 2.17. The van der Waals surface area contributed by atoms with Gasteiger partial charge in [-0.3, -0.25) is 14.9 Å². The molecule has 12 heteroatoms. The summed E-state index contributed by atoms with van der Waals surface area (Å²) in [4.78, 5) is 41.1. The van der Waals surface area contributed by atoms with Gasteiger partial charge in [0, 0.05) is 27.6 Å². The van der Waals surface area contributed by atoms with E-state index in [4.69, 9.17) is 19.2 Å². The molecule has 1 heterocycles. The van der Waals surface area contributed by atoms with E-state index >= 15 is 0 Å². The predicted octanol–water partition coefficient (Wildman–Crippen LogP) is 6.57. The van der Waals surface area contributed by atoms with Crippen molar-refractivity contribution in [3.63, 3.8) is 0 Å². The lowest BCUT2D eigenvalue weighted by Crippen LogP contribution is -2.18. The molecule has 0 saturated carbocycles. The van der Waals surface area contributed by atoms with E-state index in [1.165, 1.54) is 37.6 Å². The molecule has 0 unspecified atom stereocenters. The fourth-order valence-electron chi connectivity index (χ4n) is 4.27. The second-order valence-corrected chi connectivity index (χ2v) is 10.2. The quantitative estimate of drug-likeness (QED) is 0.0618. The van der Waals surface area contributed by atoms with Gasteiger partial charge in [0.05, 0.1) is 47.7 Å². The van der Waals surface area contributed by atoms with E-state index in [2.05, 4.69) is 26.5 Å². The van der Waals surface area contributed by atoms with E-state index in [0.29, 0.717) is 33.5 Å². The maximum Gasteiger partial charge on any atom is 0.343 e. The minimum atomic E-state index is -0.788. The molecule has 0 atom stereocenters. The number of nitro groups is 1. The summed E-state index contributed by atoms with van der Waals surface area (Å²) in [7, 11) is 2.94. The number of hydrogen-bond donors (Lipinski definition) is 1.